The molecule has 0 spiro atoms. The third-order valence-electron chi connectivity index (χ3n) is 5.34. The van der Waals surface area contributed by atoms with Gasteiger partial charge in [0, 0.05) is 19.3 Å². The number of hydrogen-bond donors (Lipinski definition) is 1. The zero-order valence-electron chi connectivity index (χ0n) is 17.3. The van der Waals surface area contributed by atoms with Crippen molar-refractivity contribution in [2.75, 3.05) is 18.0 Å². The number of halogens is 3. The Bertz CT molecular complexity index is 1480. The van der Waals surface area contributed by atoms with Gasteiger partial charge in [0.1, 0.15) is 24.2 Å². The van der Waals surface area contributed by atoms with Gasteiger partial charge in [0.15, 0.2) is 0 Å². The van der Waals surface area contributed by atoms with Crippen LogP contribution >= 0.6 is 0 Å². The molecule has 172 valence electrons. The number of aromatic nitrogens is 3. The third-order valence-corrected chi connectivity index (χ3v) is 5.34. The van der Waals surface area contributed by atoms with Crippen LogP contribution in [0.15, 0.2) is 46.2 Å². The molecule has 3 aromatic rings. The summed E-state index contributed by atoms with van der Waals surface area (Å²) in [5.74, 6) is -1.23. The maximum absolute atomic E-state index is 14.0. The summed E-state index contributed by atoms with van der Waals surface area (Å²) in [6, 6.07) is 7.62. The number of anilines is 1. The molecule has 1 N–H and O–H groups in total. The average Bonchev–Trinajstić information content (AvgIpc) is 2.79. The number of benzene rings is 1. The Morgan fingerprint density at radius 1 is 1.18 bits per heavy atom. The molecular formula is C22H15F3N6O3. The van der Waals surface area contributed by atoms with Crippen molar-refractivity contribution in [2.45, 2.75) is 19.1 Å². The average molecular weight is 468 g/mol. The summed E-state index contributed by atoms with van der Waals surface area (Å²) in [6.07, 6.45) is -1.55. The van der Waals surface area contributed by atoms with Gasteiger partial charge >= 0.3 is 5.69 Å². The van der Waals surface area contributed by atoms with Gasteiger partial charge in [0.2, 0.25) is 0 Å². The van der Waals surface area contributed by atoms with Gasteiger partial charge in [-0.3, -0.25) is 14.3 Å². The van der Waals surface area contributed by atoms with Crippen molar-refractivity contribution < 1.29 is 18.3 Å². The van der Waals surface area contributed by atoms with Crippen LogP contribution in [0.25, 0.3) is 16.8 Å². The van der Waals surface area contributed by atoms with Gasteiger partial charge < -0.3 is 10.0 Å². The van der Waals surface area contributed by atoms with E-state index >= 15 is 0 Å². The Labute approximate surface area is 189 Å². The van der Waals surface area contributed by atoms with E-state index in [9.17, 15) is 33.1 Å². The summed E-state index contributed by atoms with van der Waals surface area (Å²) in [5, 5.41) is 28.3. The SMILES string of the molecule is N#CCn1c(N2CC(O)C2)c(-c2ccc(F)c(C(F)F)c2)c(=O)n(-c2cncc(C#N)c2)c1=O. The van der Waals surface area contributed by atoms with Crippen LogP contribution in [0.4, 0.5) is 19.0 Å². The van der Waals surface area contributed by atoms with E-state index < -0.39 is 41.7 Å². The molecule has 0 unspecified atom stereocenters. The van der Waals surface area contributed by atoms with Crippen LogP contribution in [0.3, 0.4) is 0 Å². The zero-order valence-corrected chi connectivity index (χ0v) is 17.3. The van der Waals surface area contributed by atoms with Crippen LogP contribution in [-0.2, 0) is 6.54 Å². The van der Waals surface area contributed by atoms with Gasteiger partial charge in [-0.2, -0.15) is 10.5 Å². The Balaban J connectivity index is 2.12. The highest BCUT2D eigenvalue weighted by Gasteiger charge is 2.33. The monoisotopic (exact) mass is 468 g/mol. The molecule has 34 heavy (non-hydrogen) atoms. The topological polar surface area (TPSA) is 128 Å². The molecule has 9 nitrogen and oxygen atoms in total. The minimum atomic E-state index is -3.17. The molecule has 1 aromatic carbocycles. The fourth-order valence-corrected chi connectivity index (χ4v) is 3.77. The highest BCUT2D eigenvalue weighted by atomic mass is 19.3. The van der Waals surface area contributed by atoms with Crippen LogP contribution in [0.1, 0.15) is 17.6 Å². The lowest BCUT2D eigenvalue weighted by molar-refractivity contribution is 0.140. The van der Waals surface area contributed by atoms with Crippen LogP contribution in [0, 0.1) is 28.5 Å². The predicted molar refractivity (Wildman–Crippen MR) is 113 cm³/mol. The molecule has 0 amide bonds. The van der Waals surface area contributed by atoms with Gasteiger partial charge in [-0.15, -0.1) is 0 Å². The second-order valence-electron chi connectivity index (χ2n) is 7.51. The molecule has 1 fully saturated rings. The molecule has 1 aliphatic rings. The summed E-state index contributed by atoms with van der Waals surface area (Å²) in [4.78, 5) is 32.3. The number of aliphatic hydroxyl groups excluding tert-OH is 1. The van der Waals surface area contributed by atoms with Crippen molar-refractivity contribution in [1.29, 1.82) is 10.5 Å². The van der Waals surface area contributed by atoms with Crippen LogP contribution in [0.5, 0.6) is 0 Å². The molecule has 2 aromatic heterocycles. The van der Waals surface area contributed by atoms with E-state index in [4.69, 9.17) is 5.26 Å². The highest BCUT2D eigenvalue weighted by molar-refractivity contribution is 5.77. The number of hydrogen-bond acceptors (Lipinski definition) is 7. The molecular weight excluding hydrogens is 453 g/mol. The van der Waals surface area contributed by atoms with E-state index in [0.29, 0.717) is 4.57 Å². The van der Waals surface area contributed by atoms with Gasteiger partial charge in [-0.05, 0) is 23.8 Å². The number of rotatable bonds is 5. The van der Waals surface area contributed by atoms with E-state index in [1.807, 2.05) is 12.1 Å². The summed E-state index contributed by atoms with van der Waals surface area (Å²) in [7, 11) is 0. The molecule has 3 heterocycles. The maximum Gasteiger partial charge on any atom is 0.338 e. The van der Waals surface area contributed by atoms with Crippen LogP contribution in [-0.4, -0.2) is 38.4 Å². The van der Waals surface area contributed by atoms with Crippen LogP contribution in [0.2, 0.25) is 0 Å². The summed E-state index contributed by atoms with van der Waals surface area (Å²) >= 11 is 0. The van der Waals surface area contributed by atoms with E-state index in [0.717, 1.165) is 29.0 Å². The molecule has 0 bridgehead atoms. The predicted octanol–water partition coefficient (Wildman–Crippen LogP) is 1.71. The Kier molecular flexibility index (Phi) is 5.92. The fourth-order valence-electron chi connectivity index (χ4n) is 3.77. The Hall–Kier alpha value is -4.42. The van der Waals surface area contributed by atoms with Crippen LogP contribution < -0.4 is 16.1 Å². The summed E-state index contributed by atoms with van der Waals surface area (Å²) in [5.41, 5.74) is -3.19. The zero-order chi connectivity index (χ0) is 24.6. The lowest BCUT2D eigenvalue weighted by atomic mass is 10.0. The first-order chi connectivity index (χ1) is 16.3. The van der Waals surface area contributed by atoms with Crippen molar-refractivity contribution in [2.24, 2.45) is 0 Å². The summed E-state index contributed by atoms with van der Waals surface area (Å²) < 4.78 is 42.4. The number of nitrogens with zero attached hydrogens (tertiary/aromatic N) is 6. The van der Waals surface area contributed by atoms with Crippen molar-refractivity contribution in [3.05, 3.63) is 74.4 Å². The standard InChI is InChI=1S/C22H15F3N6O3/c23-17-2-1-13(6-16(17)19(24)25)18-20(29-10-15(32)11-29)30(4-3-26)22(34)31(21(18)33)14-5-12(7-27)8-28-9-14/h1-2,5-6,8-9,15,19,32H,4,10-11H2. The lowest BCUT2D eigenvalue weighted by Gasteiger charge is -2.39. The Morgan fingerprint density at radius 3 is 2.53 bits per heavy atom. The maximum atomic E-state index is 14.0. The van der Waals surface area contributed by atoms with Gasteiger partial charge in [0.05, 0.1) is 40.7 Å². The largest absolute Gasteiger partial charge is 0.389 e. The third kappa shape index (κ3) is 3.80. The van der Waals surface area contributed by atoms with Crippen molar-refractivity contribution in [3.63, 3.8) is 0 Å². The number of pyridine rings is 1. The highest BCUT2D eigenvalue weighted by Crippen LogP contribution is 2.33. The van der Waals surface area contributed by atoms with E-state index in [2.05, 4.69) is 4.98 Å². The second-order valence-corrected chi connectivity index (χ2v) is 7.51. The van der Waals surface area contributed by atoms with Crippen molar-refractivity contribution in [1.82, 2.24) is 14.1 Å². The van der Waals surface area contributed by atoms with Crippen molar-refractivity contribution >= 4 is 5.82 Å². The van der Waals surface area contributed by atoms with E-state index in [-0.39, 0.29) is 41.3 Å². The molecule has 0 saturated carbocycles. The van der Waals surface area contributed by atoms with Gasteiger partial charge in [-0.1, -0.05) is 6.07 Å². The number of alkyl halides is 2. The van der Waals surface area contributed by atoms with E-state index in [1.165, 1.54) is 17.2 Å². The fraction of sp³-hybridized carbons (Fsp3) is 0.227. The first-order valence-corrected chi connectivity index (χ1v) is 9.90. The minimum Gasteiger partial charge on any atom is -0.389 e. The number of aliphatic hydroxyl groups is 1. The molecule has 4 rings (SSSR count). The number of β-amino-alcohol motifs (C(OH)–C–C–N with tert-alkyl or cyclic N) is 1. The molecule has 1 aliphatic heterocycles. The van der Waals surface area contributed by atoms with Gasteiger partial charge in [-0.25, -0.2) is 22.5 Å². The van der Waals surface area contributed by atoms with Gasteiger partial charge in [0.25, 0.3) is 12.0 Å². The number of nitriles is 2. The molecule has 0 aliphatic carbocycles. The summed E-state index contributed by atoms with van der Waals surface area (Å²) in [6.45, 7) is -0.465. The smallest absolute Gasteiger partial charge is 0.338 e. The second kappa shape index (κ2) is 8.84. The molecule has 0 atom stereocenters. The first-order valence-electron chi connectivity index (χ1n) is 9.90. The lowest BCUT2D eigenvalue weighted by Crippen LogP contribution is -2.54. The molecule has 0 radical (unpaired) electrons. The normalized spacial score (nSPS) is 13.4. The Morgan fingerprint density at radius 2 is 1.91 bits per heavy atom. The van der Waals surface area contributed by atoms with E-state index in [1.54, 1.807) is 0 Å². The van der Waals surface area contributed by atoms with Crippen molar-refractivity contribution in [3.8, 4) is 29.0 Å². The quantitative estimate of drug-likeness (QED) is 0.604. The molecule has 1 saturated heterocycles. The first kappa shape index (κ1) is 22.8. The molecule has 12 heteroatoms. The minimum absolute atomic E-state index is 0.0235.